The third-order valence-corrected chi connectivity index (χ3v) is 4.78. The number of hydrogen-bond acceptors (Lipinski definition) is 2. The Hall–Kier alpha value is -2.88. The molecule has 0 fully saturated rings. The number of benzene rings is 2. The molecule has 0 saturated heterocycles. The van der Waals surface area contributed by atoms with E-state index in [4.69, 9.17) is 0 Å². The number of H-pyrrole nitrogens is 1. The number of aryl methyl sites for hydroxylation is 1. The first-order valence-electron chi connectivity index (χ1n) is 9.66. The molecule has 0 bridgehead atoms. The molecule has 1 aromatic heterocycles. The summed E-state index contributed by atoms with van der Waals surface area (Å²) in [6.07, 6.45) is 7.74. The Morgan fingerprint density at radius 1 is 0.889 bits per heavy atom. The van der Waals surface area contributed by atoms with Gasteiger partial charge in [-0.2, -0.15) is 0 Å². The maximum Gasteiger partial charge on any atom is 0.219 e. The summed E-state index contributed by atoms with van der Waals surface area (Å²) in [5.74, 6) is 1.16. The molecule has 0 radical (unpaired) electrons. The minimum atomic E-state index is 0.129. The van der Waals surface area contributed by atoms with Gasteiger partial charge >= 0.3 is 0 Å². The Morgan fingerprint density at radius 3 is 2.30 bits per heavy atom. The van der Waals surface area contributed by atoms with Crippen LogP contribution in [0.15, 0.2) is 60.8 Å². The number of rotatable bonds is 9. The zero-order valence-electron chi connectivity index (χ0n) is 15.9. The van der Waals surface area contributed by atoms with Crippen molar-refractivity contribution in [2.24, 2.45) is 0 Å². The van der Waals surface area contributed by atoms with E-state index in [9.17, 15) is 4.79 Å². The molecule has 2 N–H and O–H groups in total. The molecule has 4 nitrogen and oxygen atoms in total. The zero-order valence-corrected chi connectivity index (χ0v) is 15.9. The van der Waals surface area contributed by atoms with Gasteiger partial charge in [0.25, 0.3) is 0 Å². The van der Waals surface area contributed by atoms with Crippen LogP contribution < -0.4 is 5.32 Å². The maximum atomic E-state index is 11.2. The Balaban J connectivity index is 1.48. The SMILES string of the molecule is CNC(=O)CCCCCCc1ncc(-c2ccc(-c3ccccc3)cc2)[nH]1. The Kier molecular flexibility index (Phi) is 6.80. The monoisotopic (exact) mass is 361 g/mol. The largest absolute Gasteiger partial charge is 0.359 e. The fourth-order valence-corrected chi connectivity index (χ4v) is 3.17. The second-order valence-electron chi connectivity index (χ2n) is 6.77. The molecule has 1 heterocycles. The topological polar surface area (TPSA) is 57.8 Å². The normalized spacial score (nSPS) is 10.7. The predicted molar refractivity (Wildman–Crippen MR) is 110 cm³/mol. The van der Waals surface area contributed by atoms with Crippen molar-refractivity contribution in [3.8, 4) is 22.4 Å². The summed E-state index contributed by atoms with van der Waals surface area (Å²) in [7, 11) is 1.69. The van der Waals surface area contributed by atoms with Crippen LogP contribution in [0, 0.1) is 0 Å². The minimum Gasteiger partial charge on any atom is -0.359 e. The molecule has 0 unspecified atom stereocenters. The highest BCUT2D eigenvalue weighted by atomic mass is 16.1. The second kappa shape index (κ2) is 9.72. The van der Waals surface area contributed by atoms with Crippen molar-refractivity contribution < 1.29 is 4.79 Å². The van der Waals surface area contributed by atoms with Crippen molar-refractivity contribution in [3.63, 3.8) is 0 Å². The average molecular weight is 361 g/mol. The number of carbonyl (C=O) groups excluding carboxylic acids is 1. The maximum absolute atomic E-state index is 11.2. The van der Waals surface area contributed by atoms with Crippen molar-refractivity contribution in [2.75, 3.05) is 7.05 Å². The summed E-state index contributed by atoms with van der Waals surface area (Å²) >= 11 is 0. The lowest BCUT2D eigenvalue weighted by molar-refractivity contribution is -0.120. The van der Waals surface area contributed by atoms with Gasteiger partial charge in [0.1, 0.15) is 5.82 Å². The van der Waals surface area contributed by atoms with E-state index in [-0.39, 0.29) is 5.91 Å². The third kappa shape index (κ3) is 5.55. The smallest absolute Gasteiger partial charge is 0.219 e. The summed E-state index contributed by atoms with van der Waals surface area (Å²) in [6.45, 7) is 0. The van der Waals surface area contributed by atoms with E-state index in [1.165, 1.54) is 11.1 Å². The standard InChI is InChI=1S/C23H27N3O/c1-24-23(27)12-8-3-2-7-11-22-25-17-21(26-22)20-15-13-19(14-16-20)18-9-5-4-6-10-18/h4-6,9-10,13-17H,2-3,7-8,11-12H2,1H3,(H,24,27)(H,25,26). The number of imidazole rings is 1. The number of unbranched alkanes of at least 4 members (excludes halogenated alkanes) is 3. The van der Waals surface area contributed by atoms with Crippen LogP contribution in [0.2, 0.25) is 0 Å². The number of nitrogens with one attached hydrogen (secondary N) is 2. The van der Waals surface area contributed by atoms with Crippen molar-refractivity contribution >= 4 is 5.91 Å². The van der Waals surface area contributed by atoms with E-state index in [2.05, 4.69) is 63.8 Å². The Bertz CT molecular complexity index is 838. The van der Waals surface area contributed by atoms with E-state index in [1.54, 1.807) is 7.05 Å². The van der Waals surface area contributed by atoms with Gasteiger partial charge in [0.05, 0.1) is 11.9 Å². The first-order valence-corrected chi connectivity index (χ1v) is 9.66. The van der Waals surface area contributed by atoms with Crippen LogP contribution in [0.1, 0.15) is 37.9 Å². The number of aromatic amines is 1. The summed E-state index contributed by atoms with van der Waals surface area (Å²) in [4.78, 5) is 19.1. The van der Waals surface area contributed by atoms with Crippen LogP contribution in [0.3, 0.4) is 0 Å². The molecule has 140 valence electrons. The lowest BCUT2D eigenvalue weighted by Crippen LogP contribution is -2.16. The number of nitrogens with zero attached hydrogens (tertiary/aromatic N) is 1. The number of amides is 1. The third-order valence-electron chi connectivity index (χ3n) is 4.78. The van der Waals surface area contributed by atoms with E-state index in [1.807, 2.05) is 12.3 Å². The van der Waals surface area contributed by atoms with Gasteiger partial charge in [0.15, 0.2) is 0 Å². The molecule has 0 aliphatic rings. The summed E-state index contributed by atoms with van der Waals surface area (Å²) in [5, 5.41) is 2.66. The lowest BCUT2D eigenvalue weighted by Gasteiger charge is -2.03. The fourth-order valence-electron chi connectivity index (χ4n) is 3.17. The first kappa shape index (κ1) is 18.9. The van der Waals surface area contributed by atoms with Crippen LogP contribution in [-0.4, -0.2) is 22.9 Å². The van der Waals surface area contributed by atoms with Gasteiger partial charge in [-0.05, 0) is 29.5 Å². The highest BCUT2D eigenvalue weighted by molar-refractivity contribution is 5.75. The van der Waals surface area contributed by atoms with Crippen LogP contribution >= 0.6 is 0 Å². The molecule has 0 spiro atoms. The molecule has 4 heteroatoms. The van der Waals surface area contributed by atoms with Gasteiger partial charge in [-0.3, -0.25) is 4.79 Å². The van der Waals surface area contributed by atoms with E-state index in [0.717, 1.165) is 49.2 Å². The average Bonchev–Trinajstić information content (AvgIpc) is 3.20. The van der Waals surface area contributed by atoms with E-state index in [0.29, 0.717) is 6.42 Å². The Labute approximate surface area is 161 Å². The molecule has 1 amide bonds. The number of aromatic nitrogens is 2. The molecule has 0 aliphatic carbocycles. The van der Waals surface area contributed by atoms with Gasteiger partial charge in [-0.15, -0.1) is 0 Å². The molecule has 3 aromatic rings. The molecule has 2 aromatic carbocycles. The quantitative estimate of drug-likeness (QED) is 0.528. The van der Waals surface area contributed by atoms with Gasteiger partial charge in [0.2, 0.25) is 5.91 Å². The predicted octanol–water partition coefficient (Wildman–Crippen LogP) is 4.98. The number of hydrogen-bond donors (Lipinski definition) is 2. The summed E-state index contributed by atoms with van der Waals surface area (Å²) in [5.41, 5.74) is 4.66. The molecule has 3 rings (SSSR count). The van der Waals surface area contributed by atoms with Gasteiger partial charge in [-0.1, -0.05) is 67.4 Å². The van der Waals surface area contributed by atoms with E-state index < -0.39 is 0 Å². The molecule has 0 aliphatic heterocycles. The zero-order chi connectivity index (χ0) is 18.9. The van der Waals surface area contributed by atoms with Crippen molar-refractivity contribution in [3.05, 3.63) is 66.6 Å². The molecular weight excluding hydrogens is 334 g/mol. The molecule has 0 atom stereocenters. The van der Waals surface area contributed by atoms with Crippen molar-refractivity contribution in [1.29, 1.82) is 0 Å². The highest BCUT2D eigenvalue weighted by Gasteiger charge is 2.05. The first-order chi connectivity index (χ1) is 13.3. The molecule has 0 saturated carbocycles. The van der Waals surface area contributed by atoms with Gasteiger partial charge in [-0.25, -0.2) is 4.98 Å². The summed E-state index contributed by atoms with van der Waals surface area (Å²) < 4.78 is 0. The van der Waals surface area contributed by atoms with E-state index >= 15 is 0 Å². The highest BCUT2D eigenvalue weighted by Crippen LogP contribution is 2.24. The number of carbonyl (C=O) groups is 1. The van der Waals surface area contributed by atoms with Crippen LogP contribution in [0.25, 0.3) is 22.4 Å². The van der Waals surface area contributed by atoms with Crippen LogP contribution in [0.5, 0.6) is 0 Å². The minimum absolute atomic E-state index is 0.129. The molecular formula is C23H27N3O. The fraction of sp³-hybridized carbons (Fsp3) is 0.304. The van der Waals surface area contributed by atoms with Crippen molar-refractivity contribution in [1.82, 2.24) is 15.3 Å². The van der Waals surface area contributed by atoms with Crippen LogP contribution in [-0.2, 0) is 11.2 Å². The molecule has 27 heavy (non-hydrogen) atoms. The summed E-state index contributed by atoms with van der Waals surface area (Å²) in [6, 6.07) is 19.0. The lowest BCUT2D eigenvalue weighted by atomic mass is 10.0. The Morgan fingerprint density at radius 2 is 1.56 bits per heavy atom. The van der Waals surface area contributed by atoms with Crippen molar-refractivity contribution in [2.45, 2.75) is 38.5 Å². The van der Waals surface area contributed by atoms with Gasteiger partial charge < -0.3 is 10.3 Å². The van der Waals surface area contributed by atoms with Crippen LogP contribution in [0.4, 0.5) is 0 Å². The van der Waals surface area contributed by atoms with Gasteiger partial charge in [0, 0.05) is 19.9 Å². The second-order valence-corrected chi connectivity index (χ2v) is 6.77.